The van der Waals surface area contributed by atoms with Crippen molar-refractivity contribution in [2.75, 3.05) is 0 Å². The van der Waals surface area contributed by atoms with Gasteiger partial charge < -0.3 is 5.32 Å². The van der Waals surface area contributed by atoms with Crippen molar-refractivity contribution in [3.05, 3.63) is 55.7 Å². The number of halogens is 1. The molecule has 2 nitrogen and oxygen atoms in total. The summed E-state index contributed by atoms with van der Waals surface area (Å²) < 4.78 is 1.02. The summed E-state index contributed by atoms with van der Waals surface area (Å²) in [6, 6.07) is 10.0. The maximum absolute atomic E-state index is 12.2. The number of benzene rings is 1. The standard InChI is InChI=1S/C16H18BrNOS/c1-10-8-13(5-7-15(10)17)16(19)18-11(2)9-14-6-4-12(3)20-14/h4-8,11H,9H2,1-3H3,(H,18,19). The van der Waals surface area contributed by atoms with E-state index < -0.39 is 0 Å². The molecule has 0 bridgehead atoms. The fourth-order valence-corrected chi connectivity index (χ4v) is 3.31. The molecule has 0 saturated heterocycles. The van der Waals surface area contributed by atoms with Gasteiger partial charge in [0.05, 0.1) is 0 Å². The minimum atomic E-state index is -0.0126. The zero-order chi connectivity index (χ0) is 14.7. The van der Waals surface area contributed by atoms with E-state index in [2.05, 4.69) is 40.3 Å². The van der Waals surface area contributed by atoms with E-state index in [1.807, 2.05) is 32.0 Å². The topological polar surface area (TPSA) is 29.1 Å². The van der Waals surface area contributed by atoms with Crippen LogP contribution in [0.15, 0.2) is 34.8 Å². The van der Waals surface area contributed by atoms with Crippen LogP contribution >= 0.6 is 27.3 Å². The molecular weight excluding hydrogens is 334 g/mol. The highest BCUT2D eigenvalue weighted by Crippen LogP contribution is 2.18. The molecule has 1 atom stereocenters. The molecule has 0 fully saturated rings. The number of nitrogens with one attached hydrogen (secondary N) is 1. The van der Waals surface area contributed by atoms with Crippen LogP contribution in [0.3, 0.4) is 0 Å². The Morgan fingerprint density at radius 1 is 1.30 bits per heavy atom. The first kappa shape index (κ1) is 15.3. The molecular formula is C16H18BrNOS. The molecule has 1 aromatic heterocycles. The van der Waals surface area contributed by atoms with Crippen LogP contribution in [0.2, 0.25) is 0 Å². The average molecular weight is 352 g/mol. The van der Waals surface area contributed by atoms with E-state index in [0.29, 0.717) is 5.56 Å². The van der Waals surface area contributed by atoms with E-state index >= 15 is 0 Å². The van der Waals surface area contributed by atoms with Crippen molar-refractivity contribution in [2.45, 2.75) is 33.2 Å². The predicted molar refractivity (Wildman–Crippen MR) is 88.6 cm³/mol. The van der Waals surface area contributed by atoms with Crippen molar-refractivity contribution in [2.24, 2.45) is 0 Å². The Balaban J connectivity index is 1.98. The third-order valence-corrected chi connectivity index (χ3v) is 5.01. The number of thiophene rings is 1. The van der Waals surface area contributed by atoms with E-state index in [4.69, 9.17) is 0 Å². The van der Waals surface area contributed by atoms with Crippen LogP contribution < -0.4 is 5.32 Å². The Kier molecular flexibility index (Phi) is 5.00. The van der Waals surface area contributed by atoms with E-state index in [-0.39, 0.29) is 11.9 Å². The number of amides is 1. The number of carbonyl (C=O) groups is 1. The molecule has 1 amide bonds. The number of hydrogen-bond donors (Lipinski definition) is 1. The molecule has 0 spiro atoms. The number of hydrogen-bond acceptors (Lipinski definition) is 2. The lowest BCUT2D eigenvalue weighted by atomic mass is 10.1. The summed E-state index contributed by atoms with van der Waals surface area (Å²) in [5.41, 5.74) is 1.78. The molecule has 4 heteroatoms. The Labute approximate surface area is 132 Å². The Hall–Kier alpha value is -1.13. The van der Waals surface area contributed by atoms with Crippen molar-refractivity contribution >= 4 is 33.2 Å². The van der Waals surface area contributed by atoms with Gasteiger partial charge in [-0.25, -0.2) is 0 Å². The monoisotopic (exact) mass is 351 g/mol. The second-order valence-electron chi connectivity index (χ2n) is 5.05. The summed E-state index contributed by atoms with van der Waals surface area (Å²) in [4.78, 5) is 14.8. The highest BCUT2D eigenvalue weighted by Gasteiger charge is 2.12. The lowest BCUT2D eigenvalue weighted by Crippen LogP contribution is -2.33. The van der Waals surface area contributed by atoms with Crippen LogP contribution in [0.4, 0.5) is 0 Å². The maximum atomic E-state index is 12.2. The van der Waals surface area contributed by atoms with Crippen LogP contribution in [0.5, 0.6) is 0 Å². The first-order valence-electron chi connectivity index (χ1n) is 6.58. The highest BCUT2D eigenvalue weighted by molar-refractivity contribution is 9.10. The fraction of sp³-hybridized carbons (Fsp3) is 0.312. The van der Waals surface area contributed by atoms with Crippen molar-refractivity contribution in [1.29, 1.82) is 0 Å². The molecule has 106 valence electrons. The molecule has 2 aromatic rings. The molecule has 0 aliphatic carbocycles. The van der Waals surface area contributed by atoms with Crippen LogP contribution in [-0.2, 0) is 6.42 Å². The molecule has 1 heterocycles. The summed E-state index contributed by atoms with van der Waals surface area (Å²) >= 11 is 5.23. The van der Waals surface area contributed by atoms with E-state index in [1.165, 1.54) is 9.75 Å². The Bertz CT molecular complexity index is 621. The Morgan fingerprint density at radius 2 is 2.05 bits per heavy atom. The van der Waals surface area contributed by atoms with Crippen molar-refractivity contribution in [3.8, 4) is 0 Å². The molecule has 2 rings (SSSR count). The van der Waals surface area contributed by atoms with E-state index in [1.54, 1.807) is 11.3 Å². The van der Waals surface area contributed by atoms with E-state index in [0.717, 1.165) is 16.5 Å². The van der Waals surface area contributed by atoms with Crippen molar-refractivity contribution in [3.63, 3.8) is 0 Å². The summed E-state index contributed by atoms with van der Waals surface area (Å²) in [7, 11) is 0. The molecule has 0 saturated carbocycles. The van der Waals surface area contributed by atoms with Crippen LogP contribution in [-0.4, -0.2) is 11.9 Å². The van der Waals surface area contributed by atoms with Crippen LogP contribution in [0.1, 0.15) is 32.6 Å². The Morgan fingerprint density at radius 3 is 2.65 bits per heavy atom. The summed E-state index contributed by atoms with van der Waals surface area (Å²) in [6.07, 6.45) is 0.875. The molecule has 1 unspecified atom stereocenters. The molecule has 0 aliphatic rings. The maximum Gasteiger partial charge on any atom is 0.251 e. The minimum absolute atomic E-state index is 0.0126. The van der Waals surface area contributed by atoms with Gasteiger partial charge in [0.15, 0.2) is 0 Å². The minimum Gasteiger partial charge on any atom is -0.349 e. The van der Waals surface area contributed by atoms with Gasteiger partial charge in [-0.15, -0.1) is 11.3 Å². The third kappa shape index (κ3) is 3.93. The van der Waals surface area contributed by atoms with Crippen LogP contribution in [0.25, 0.3) is 0 Å². The molecule has 0 radical (unpaired) electrons. The summed E-state index contributed by atoms with van der Waals surface area (Å²) in [6.45, 7) is 6.12. The van der Waals surface area contributed by atoms with Gasteiger partial charge in [0, 0.05) is 32.3 Å². The number of carbonyl (C=O) groups excluding carboxylic acids is 1. The van der Waals surface area contributed by atoms with Crippen molar-refractivity contribution < 1.29 is 4.79 Å². The molecule has 1 N–H and O–H groups in total. The fourth-order valence-electron chi connectivity index (χ4n) is 2.04. The second kappa shape index (κ2) is 6.55. The molecule has 1 aromatic carbocycles. The first-order chi connectivity index (χ1) is 9.45. The lowest BCUT2D eigenvalue weighted by Gasteiger charge is -2.13. The summed E-state index contributed by atoms with van der Waals surface area (Å²) in [5.74, 6) is -0.0126. The van der Waals surface area contributed by atoms with Gasteiger partial charge in [-0.3, -0.25) is 4.79 Å². The van der Waals surface area contributed by atoms with Gasteiger partial charge in [-0.2, -0.15) is 0 Å². The van der Waals surface area contributed by atoms with E-state index in [9.17, 15) is 4.79 Å². The normalized spacial score (nSPS) is 12.2. The third-order valence-electron chi connectivity index (χ3n) is 3.10. The van der Waals surface area contributed by atoms with Gasteiger partial charge in [0.2, 0.25) is 0 Å². The van der Waals surface area contributed by atoms with Gasteiger partial charge in [-0.1, -0.05) is 15.9 Å². The largest absolute Gasteiger partial charge is 0.349 e. The zero-order valence-electron chi connectivity index (χ0n) is 11.9. The lowest BCUT2D eigenvalue weighted by molar-refractivity contribution is 0.0940. The number of rotatable bonds is 4. The smallest absolute Gasteiger partial charge is 0.251 e. The number of aryl methyl sites for hydroxylation is 2. The molecule has 20 heavy (non-hydrogen) atoms. The zero-order valence-corrected chi connectivity index (χ0v) is 14.3. The van der Waals surface area contributed by atoms with Gasteiger partial charge in [-0.05, 0) is 56.7 Å². The van der Waals surface area contributed by atoms with Crippen LogP contribution in [0, 0.1) is 13.8 Å². The summed E-state index contributed by atoms with van der Waals surface area (Å²) in [5, 5.41) is 3.05. The predicted octanol–water partition coefficient (Wildman–Crippen LogP) is 4.49. The SMILES string of the molecule is Cc1ccc(CC(C)NC(=O)c2ccc(Br)c(C)c2)s1. The molecule has 0 aliphatic heterocycles. The highest BCUT2D eigenvalue weighted by atomic mass is 79.9. The second-order valence-corrected chi connectivity index (χ2v) is 7.28. The van der Waals surface area contributed by atoms with Gasteiger partial charge in [0.1, 0.15) is 0 Å². The van der Waals surface area contributed by atoms with Crippen molar-refractivity contribution in [1.82, 2.24) is 5.32 Å². The van der Waals surface area contributed by atoms with Gasteiger partial charge in [0.25, 0.3) is 5.91 Å². The van der Waals surface area contributed by atoms with Gasteiger partial charge >= 0.3 is 0 Å². The average Bonchev–Trinajstić information content (AvgIpc) is 2.77. The quantitative estimate of drug-likeness (QED) is 0.863. The first-order valence-corrected chi connectivity index (χ1v) is 8.19.